The van der Waals surface area contributed by atoms with Crippen molar-refractivity contribution in [3.63, 3.8) is 0 Å². The Labute approximate surface area is 196 Å². The van der Waals surface area contributed by atoms with Gasteiger partial charge in [-0.2, -0.15) is 18.4 Å². The molecule has 0 bridgehead atoms. The average molecular weight is 505 g/mol. The first-order chi connectivity index (χ1) is 15.8. The third kappa shape index (κ3) is 6.71. The van der Waals surface area contributed by atoms with Crippen molar-refractivity contribution in [1.29, 1.82) is 5.26 Å². The molecular formula is C21H18ClF5N4O3. The Bertz CT molecular complexity index is 1100. The number of carbonyl (C=O) groups excluding carboxylic acids is 2. The van der Waals surface area contributed by atoms with Crippen molar-refractivity contribution in [2.75, 3.05) is 24.2 Å². The second-order valence-electron chi connectivity index (χ2n) is 6.94. The van der Waals surface area contributed by atoms with E-state index in [1.807, 2.05) is 6.07 Å². The van der Waals surface area contributed by atoms with E-state index < -0.39 is 58.5 Å². The molecule has 0 aliphatic heterocycles. The third-order valence-electron chi connectivity index (χ3n) is 4.43. The molecule has 0 radical (unpaired) electrons. The SMILES string of the molecule is C[C@H](Oc1cc(NC(=O)N(C)CCC#N)c(F)cc1C(=O)Nc1c(F)cccc1Cl)C(F)(F)F. The van der Waals surface area contributed by atoms with Gasteiger partial charge in [0.05, 0.1) is 34.5 Å². The molecule has 2 N–H and O–H groups in total. The normalized spacial score (nSPS) is 11.9. The zero-order chi connectivity index (χ0) is 25.6. The van der Waals surface area contributed by atoms with Gasteiger partial charge in [0.15, 0.2) is 6.10 Å². The molecule has 0 aliphatic rings. The van der Waals surface area contributed by atoms with E-state index >= 15 is 0 Å². The summed E-state index contributed by atoms with van der Waals surface area (Å²) in [5.41, 5.74) is -1.76. The molecule has 2 aromatic rings. The van der Waals surface area contributed by atoms with Gasteiger partial charge in [-0.05, 0) is 25.1 Å². The van der Waals surface area contributed by atoms with Crippen LogP contribution in [0.15, 0.2) is 30.3 Å². The van der Waals surface area contributed by atoms with Crippen molar-refractivity contribution in [3.05, 3.63) is 52.6 Å². The monoisotopic (exact) mass is 504 g/mol. The minimum atomic E-state index is -4.84. The summed E-state index contributed by atoms with van der Waals surface area (Å²) in [6.07, 6.45) is -7.26. The van der Waals surface area contributed by atoms with E-state index in [1.165, 1.54) is 19.2 Å². The van der Waals surface area contributed by atoms with Crippen LogP contribution in [0.4, 0.5) is 38.1 Å². The molecule has 0 spiro atoms. The lowest BCUT2D eigenvalue weighted by Crippen LogP contribution is -2.33. The Morgan fingerprint density at radius 2 is 1.88 bits per heavy atom. The molecule has 34 heavy (non-hydrogen) atoms. The van der Waals surface area contributed by atoms with Crippen LogP contribution in [0.25, 0.3) is 0 Å². The van der Waals surface area contributed by atoms with E-state index in [4.69, 9.17) is 21.6 Å². The number of nitrogens with zero attached hydrogens (tertiary/aromatic N) is 2. The zero-order valence-corrected chi connectivity index (χ0v) is 18.5. The minimum absolute atomic E-state index is 0.00229. The van der Waals surface area contributed by atoms with E-state index in [2.05, 4.69) is 10.6 Å². The zero-order valence-electron chi connectivity index (χ0n) is 17.8. The third-order valence-corrected chi connectivity index (χ3v) is 4.74. The van der Waals surface area contributed by atoms with Gasteiger partial charge in [-0.25, -0.2) is 13.6 Å². The lowest BCUT2D eigenvalue weighted by molar-refractivity contribution is -0.189. The Hall–Kier alpha value is -3.59. The van der Waals surface area contributed by atoms with E-state index in [-0.39, 0.29) is 18.0 Å². The largest absolute Gasteiger partial charge is 0.480 e. The minimum Gasteiger partial charge on any atom is -0.480 e. The topological polar surface area (TPSA) is 94.5 Å². The molecule has 0 heterocycles. The van der Waals surface area contributed by atoms with Crippen molar-refractivity contribution < 1.29 is 36.3 Å². The van der Waals surface area contributed by atoms with E-state index in [1.54, 1.807) is 0 Å². The van der Waals surface area contributed by atoms with Gasteiger partial charge in [-0.15, -0.1) is 0 Å². The molecule has 1 atom stereocenters. The van der Waals surface area contributed by atoms with E-state index in [0.29, 0.717) is 19.1 Å². The number of nitriles is 1. The van der Waals surface area contributed by atoms with Crippen LogP contribution in [0.1, 0.15) is 23.7 Å². The molecule has 0 aromatic heterocycles. The summed E-state index contributed by atoms with van der Waals surface area (Å²) in [4.78, 5) is 25.9. The number of amides is 3. The maximum absolute atomic E-state index is 14.7. The fourth-order valence-electron chi connectivity index (χ4n) is 2.51. The summed E-state index contributed by atoms with van der Waals surface area (Å²) in [6, 6.07) is 5.69. The van der Waals surface area contributed by atoms with E-state index in [0.717, 1.165) is 11.0 Å². The first-order valence-electron chi connectivity index (χ1n) is 9.56. The van der Waals surface area contributed by atoms with Gasteiger partial charge in [-0.3, -0.25) is 4.79 Å². The molecule has 13 heteroatoms. The molecule has 182 valence electrons. The second kappa shape index (κ2) is 11.0. The van der Waals surface area contributed by atoms with E-state index in [9.17, 15) is 31.5 Å². The Morgan fingerprint density at radius 1 is 1.21 bits per heavy atom. The predicted molar refractivity (Wildman–Crippen MR) is 114 cm³/mol. The Balaban J connectivity index is 2.44. The summed E-state index contributed by atoms with van der Waals surface area (Å²) >= 11 is 5.84. The molecule has 3 amide bonds. The molecule has 0 unspecified atom stereocenters. The highest BCUT2D eigenvalue weighted by molar-refractivity contribution is 6.34. The van der Waals surface area contributed by atoms with Crippen molar-refractivity contribution in [2.24, 2.45) is 0 Å². The van der Waals surface area contributed by atoms with Gasteiger partial charge in [0.1, 0.15) is 17.4 Å². The summed E-state index contributed by atoms with van der Waals surface area (Å²) in [5, 5.41) is 12.6. The van der Waals surface area contributed by atoms with Crippen LogP contribution in [-0.4, -0.2) is 42.7 Å². The summed E-state index contributed by atoms with van der Waals surface area (Å²) in [6.45, 7) is 0.662. The van der Waals surface area contributed by atoms with Gasteiger partial charge in [0.25, 0.3) is 5.91 Å². The van der Waals surface area contributed by atoms with Gasteiger partial charge < -0.3 is 20.3 Å². The number of halogens is 6. The maximum Gasteiger partial charge on any atom is 0.425 e. The van der Waals surface area contributed by atoms with Crippen LogP contribution >= 0.6 is 11.6 Å². The number of ether oxygens (including phenoxy) is 1. The Kier molecular flexibility index (Phi) is 8.64. The van der Waals surface area contributed by atoms with Gasteiger partial charge in [0.2, 0.25) is 0 Å². The molecule has 0 fully saturated rings. The first-order valence-corrected chi connectivity index (χ1v) is 9.94. The number of carbonyl (C=O) groups is 2. The smallest absolute Gasteiger partial charge is 0.425 e. The number of nitrogens with one attached hydrogen (secondary N) is 2. The first kappa shape index (κ1) is 26.7. The summed E-state index contributed by atoms with van der Waals surface area (Å²) < 4.78 is 72.8. The number of para-hydroxylation sites is 1. The highest BCUT2D eigenvalue weighted by Crippen LogP contribution is 2.33. The fourth-order valence-corrected chi connectivity index (χ4v) is 2.72. The number of hydrogen-bond acceptors (Lipinski definition) is 4. The highest BCUT2D eigenvalue weighted by atomic mass is 35.5. The van der Waals surface area contributed by atoms with Gasteiger partial charge in [-0.1, -0.05) is 17.7 Å². The molecule has 0 saturated heterocycles. The molecular weight excluding hydrogens is 487 g/mol. The molecule has 0 aliphatic carbocycles. The standard InChI is InChI=1S/C21H18ClF5N4O3/c1-11(21(25,26)27)34-17-10-16(29-20(33)31(2)8-4-7-28)15(24)9-12(17)19(32)30-18-13(22)5-3-6-14(18)23/h3,5-6,9-11H,4,8H2,1-2H3,(H,29,33)(H,30,32)/t11-/m0/s1. The second-order valence-corrected chi connectivity index (χ2v) is 7.35. The van der Waals surface area contributed by atoms with Crippen LogP contribution in [0.2, 0.25) is 5.02 Å². The van der Waals surface area contributed by atoms with Crippen LogP contribution in [0.3, 0.4) is 0 Å². The molecule has 0 saturated carbocycles. The number of rotatable bonds is 7. The molecule has 7 nitrogen and oxygen atoms in total. The predicted octanol–water partition coefficient (Wildman–Crippen LogP) is 5.58. The summed E-state index contributed by atoms with van der Waals surface area (Å²) in [5.74, 6) is -4.05. The van der Waals surface area contributed by atoms with Crippen LogP contribution in [0, 0.1) is 23.0 Å². The van der Waals surface area contributed by atoms with Crippen molar-refractivity contribution in [3.8, 4) is 11.8 Å². The van der Waals surface area contributed by atoms with Gasteiger partial charge >= 0.3 is 12.2 Å². The number of anilines is 2. The van der Waals surface area contributed by atoms with Crippen molar-refractivity contribution in [1.82, 2.24) is 4.90 Å². The van der Waals surface area contributed by atoms with Crippen LogP contribution in [-0.2, 0) is 0 Å². The van der Waals surface area contributed by atoms with Crippen LogP contribution in [0.5, 0.6) is 5.75 Å². The number of hydrogen-bond donors (Lipinski definition) is 2. The lowest BCUT2D eigenvalue weighted by Gasteiger charge is -2.22. The van der Waals surface area contributed by atoms with Crippen molar-refractivity contribution >= 4 is 34.9 Å². The molecule has 2 aromatic carbocycles. The fraction of sp³-hybridized carbons (Fsp3) is 0.286. The quantitative estimate of drug-likeness (QED) is 0.481. The van der Waals surface area contributed by atoms with Crippen molar-refractivity contribution in [2.45, 2.75) is 25.6 Å². The van der Waals surface area contributed by atoms with Gasteiger partial charge in [0, 0.05) is 19.7 Å². The Morgan fingerprint density at radius 3 is 2.47 bits per heavy atom. The lowest BCUT2D eigenvalue weighted by atomic mass is 10.1. The van der Waals surface area contributed by atoms with Crippen LogP contribution < -0.4 is 15.4 Å². The number of urea groups is 1. The molecule has 2 rings (SSSR count). The maximum atomic E-state index is 14.7. The average Bonchev–Trinajstić information content (AvgIpc) is 2.75. The number of benzene rings is 2. The highest BCUT2D eigenvalue weighted by Gasteiger charge is 2.39. The number of alkyl halides is 3. The summed E-state index contributed by atoms with van der Waals surface area (Å²) in [7, 11) is 1.31.